The first-order valence-electron chi connectivity index (χ1n) is 30.6. The molecule has 4 nitrogen and oxygen atoms in total. The first-order chi connectivity index (χ1) is 41.6. The summed E-state index contributed by atoms with van der Waals surface area (Å²) < 4.78 is 7.74. The average Bonchev–Trinajstić information content (AvgIpc) is 1.72. The molecule has 0 saturated carbocycles. The van der Waals surface area contributed by atoms with E-state index in [9.17, 15) is 0 Å². The summed E-state index contributed by atoms with van der Waals surface area (Å²) in [6.07, 6.45) is 6.86. The molecule has 0 amide bonds. The number of aryl methyl sites for hydroxylation is 5. The van der Waals surface area contributed by atoms with Gasteiger partial charge in [-0.05, 0) is 278 Å². The molecular formula is C77H60B2I2N4. The van der Waals surface area contributed by atoms with Crippen molar-refractivity contribution in [1.29, 1.82) is 0 Å². The molecule has 408 valence electrons. The molecule has 4 aliphatic rings. The highest BCUT2D eigenvalue weighted by molar-refractivity contribution is 14.1. The minimum Gasteiger partial charge on any atom is -0.311 e. The third kappa shape index (κ3) is 7.65. The van der Waals surface area contributed by atoms with E-state index >= 15 is 0 Å². The van der Waals surface area contributed by atoms with Gasteiger partial charge in [0.2, 0.25) is 0 Å². The van der Waals surface area contributed by atoms with Crippen LogP contribution < -0.4 is 42.6 Å². The fourth-order valence-corrected chi connectivity index (χ4v) is 16.4. The number of para-hydroxylation sites is 1. The van der Waals surface area contributed by atoms with E-state index in [1.807, 2.05) is 0 Å². The summed E-state index contributed by atoms with van der Waals surface area (Å²) in [5.41, 5.74) is 34.6. The molecule has 0 aliphatic carbocycles. The Kier molecular flexibility index (Phi) is 11.9. The summed E-state index contributed by atoms with van der Waals surface area (Å²) in [6.45, 7) is 11.3. The SMILES string of the molecule is CCCCc1ccc2c(c1)c1cccc3c1n2-c1cc(-c2ccccc2C)cc2c1B3c1cc3c(cc1N2c1ccc(I)cc1)N(c1ccc(I)cc1)c1cc(-c2ccccc2C)cc2c1B3c1cc(C)cc3c4cc(CCCC)ccc4n-2c13. The molecular weight excluding hydrogens is 1260 g/mol. The number of unbranched alkanes of at least 4 members (excludes halogenated alkanes) is 2. The maximum absolute atomic E-state index is 2.71. The van der Waals surface area contributed by atoms with Crippen LogP contribution in [0.3, 0.4) is 0 Å². The molecule has 85 heavy (non-hydrogen) atoms. The van der Waals surface area contributed by atoms with Gasteiger partial charge in [0.25, 0.3) is 13.4 Å². The summed E-state index contributed by atoms with van der Waals surface area (Å²) in [4.78, 5) is 5.28. The minimum absolute atomic E-state index is 0.0680. The molecule has 6 heterocycles. The van der Waals surface area contributed by atoms with Crippen molar-refractivity contribution in [2.24, 2.45) is 0 Å². The fraction of sp³-hybridized carbons (Fsp3) is 0.143. The van der Waals surface area contributed by atoms with E-state index in [1.54, 1.807) is 0 Å². The number of hydrogen-bond acceptors (Lipinski definition) is 2. The maximum Gasteiger partial charge on any atom is 0.252 e. The molecule has 8 heteroatoms. The second-order valence-corrected chi connectivity index (χ2v) is 27.0. The fourth-order valence-electron chi connectivity index (χ4n) is 15.6. The number of nitrogens with zero attached hydrogens (tertiary/aromatic N) is 4. The van der Waals surface area contributed by atoms with Gasteiger partial charge in [0.05, 0.1) is 11.0 Å². The standard InChI is InChI=1S/C77H60B2I2N4/c1-6-8-17-48-23-33-66-59(37-48)58-21-14-22-62-76(58)84(66)72-41-50(56-19-12-10-15-46(56)4)39-70-74(72)78(62)63-43-64-69(44-68(63)82(70)54-29-25-52(80)26-30-54)83(55-31-27-53(81)28-32-55)71-40-51(57-20-13-11-16-47(57)5)42-73-75(71)79(64)65-36-45(3)35-61-60-38-49(18-9-7-2)24-34-67(60)85(73)77(61)65/h10-16,19-44H,6-9,17-18H2,1-5H3. The van der Waals surface area contributed by atoms with Crippen LogP contribution in [0.15, 0.2) is 200 Å². The molecule has 13 aromatic rings. The van der Waals surface area contributed by atoms with Gasteiger partial charge in [0.15, 0.2) is 0 Å². The molecule has 0 atom stereocenters. The Balaban J connectivity index is 1.03. The van der Waals surface area contributed by atoms with Gasteiger partial charge < -0.3 is 18.9 Å². The van der Waals surface area contributed by atoms with E-state index in [1.165, 1.54) is 193 Å². The Labute approximate surface area is 525 Å². The summed E-state index contributed by atoms with van der Waals surface area (Å²) in [5, 5.41) is 5.34. The highest BCUT2D eigenvalue weighted by Gasteiger charge is 2.48. The van der Waals surface area contributed by atoms with Crippen LogP contribution >= 0.6 is 45.2 Å². The van der Waals surface area contributed by atoms with Crippen LogP contribution in [0.1, 0.15) is 67.3 Å². The number of fused-ring (bicyclic) bond motifs is 14. The summed E-state index contributed by atoms with van der Waals surface area (Å²) >= 11 is 4.95. The van der Waals surface area contributed by atoms with Crippen molar-refractivity contribution < 1.29 is 0 Å². The monoisotopic (exact) mass is 1320 g/mol. The first kappa shape index (κ1) is 51.6. The van der Waals surface area contributed by atoms with Crippen LogP contribution in [0.25, 0.3) is 77.2 Å². The number of benzene rings is 11. The Hall–Kier alpha value is -7.79. The summed E-state index contributed by atoms with van der Waals surface area (Å²) in [6, 6.07) is 78.8. The van der Waals surface area contributed by atoms with Crippen molar-refractivity contribution in [2.75, 3.05) is 9.80 Å². The van der Waals surface area contributed by atoms with Crippen LogP contribution in [-0.4, -0.2) is 22.6 Å². The van der Waals surface area contributed by atoms with Crippen LogP contribution in [0.2, 0.25) is 0 Å². The topological polar surface area (TPSA) is 16.3 Å². The molecule has 0 spiro atoms. The lowest BCUT2D eigenvalue weighted by molar-refractivity contribution is 0.796. The number of aromatic nitrogens is 2. The van der Waals surface area contributed by atoms with Gasteiger partial charge in [-0.1, -0.05) is 123 Å². The second kappa shape index (κ2) is 19.6. The first-order valence-corrected chi connectivity index (χ1v) is 32.7. The lowest BCUT2D eigenvalue weighted by Gasteiger charge is -2.45. The maximum atomic E-state index is 2.71. The summed E-state index contributed by atoms with van der Waals surface area (Å²) in [7, 11) is 0. The van der Waals surface area contributed by atoms with Gasteiger partial charge in [0.1, 0.15) is 0 Å². The van der Waals surface area contributed by atoms with Crippen molar-refractivity contribution in [1.82, 2.24) is 9.13 Å². The number of rotatable bonds is 10. The van der Waals surface area contributed by atoms with Gasteiger partial charge in [-0.15, -0.1) is 0 Å². The quantitative estimate of drug-likeness (QED) is 0.100. The zero-order valence-corrected chi connectivity index (χ0v) is 52.8. The second-order valence-electron chi connectivity index (χ2n) is 24.5. The van der Waals surface area contributed by atoms with Gasteiger partial charge in [-0.3, -0.25) is 0 Å². The molecule has 11 aromatic carbocycles. The largest absolute Gasteiger partial charge is 0.311 e. The van der Waals surface area contributed by atoms with Crippen molar-refractivity contribution in [3.63, 3.8) is 0 Å². The van der Waals surface area contributed by atoms with Gasteiger partial charge in [0, 0.05) is 85.2 Å². The average molecular weight is 1320 g/mol. The van der Waals surface area contributed by atoms with E-state index in [0.717, 1.165) is 24.2 Å². The van der Waals surface area contributed by atoms with Gasteiger partial charge in [-0.2, -0.15) is 0 Å². The smallest absolute Gasteiger partial charge is 0.252 e. The molecule has 0 bridgehead atoms. The minimum atomic E-state index is -0.0708. The summed E-state index contributed by atoms with van der Waals surface area (Å²) in [5.74, 6) is 0. The van der Waals surface area contributed by atoms with Crippen LogP contribution in [-0.2, 0) is 12.8 Å². The number of anilines is 6. The van der Waals surface area contributed by atoms with Gasteiger partial charge in [-0.25, -0.2) is 0 Å². The third-order valence-corrected chi connectivity index (χ3v) is 20.9. The van der Waals surface area contributed by atoms with E-state index in [4.69, 9.17) is 0 Å². The molecule has 0 saturated heterocycles. The number of halogens is 2. The van der Waals surface area contributed by atoms with Crippen molar-refractivity contribution in [3.05, 3.63) is 235 Å². The Bertz CT molecular complexity index is 5010. The van der Waals surface area contributed by atoms with Crippen LogP contribution in [0, 0.1) is 27.9 Å². The molecule has 2 aromatic heterocycles. The highest BCUT2D eigenvalue weighted by atomic mass is 127. The number of hydrogen-bond donors (Lipinski definition) is 0. The van der Waals surface area contributed by atoms with E-state index < -0.39 is 0 Å². The molecule has 17 rings (SSSR count). The molecule has 0 N–H and O–H groups in total. The molecule has 0 unspecified atom stereocenters. The van der Waals surface area contributed by atoms with Crippen LogP contribution in [0.4, 0.5) is 34.1 Å². The molecule has 0 radical (unpaired) electrons. The molecule has 0 fully saturated rings. The van der Waals surface area contributed by atoms with E-state index in [2.05, 4.69) is 299 Å². The Morgan fingerprint density at radius 2 is 0.859 bits per heavy atom. The zero-order valence-electron chi connectivity index (χ0n) is 48.5. The van der Waals surface area contributed by atoms with Crippen LogP contribution in [0.5, 0.6) is 0 Å². The Morgan fingerprint density at radius 3 is 1.38 bits per heavy atom. The normalized spacial score (nSPS) is 13.3. The zero-order chi connectivity index (χ0) is 57.1. The highest BCUT2D eigenvalue weighted by Crippen LogP contribution is 2.49. The van der Waals surface area contributed by atoms with Crippen molar-refractivity contribution in [2.45, 2.75) is 73.1 Å². The predicted molar refractivity (Wildman–Crippen MR) is 382 cm³/mol. The Morgan fingerprint density at radius 1 is 0.376 bits per heavy atom. The third-order valence-electron chi connectivity index (χ3n) is 19.4. The van der Waals surface area contributed by atoms with Crippen molar-refractivity contribution >= 4 is 169 Å². The predicted octanol–water partition coefficient (Wildman–Crippen LogP) is 17.3. The molecule has 4 aliphatic heterocycles. The van der Waals surface area contributed by atoms with Crippen molar-refractivity contribution in [3.8, 4) is 33.6 Å². The lowest BCUT2D eigenvalue weighted by atomic mass is 9.30. The van der Waals surface area contributed by atoms with Gasteiger partial charge >= 0.3 is 0 Å². The lowest BCUT2D eigenvalue weighted by Crippen LogP contribution is -2.64. The van der Waals surface area contributed by atoms with E-state index in [-0.39, 0.29) is 13.4 Å². The van der Waals surface area contributed by atoms with E-state index in [0.29, 0.717) is 0 Å².